The number of hydrogen-bond acceptors (Lipinski definition) is 3. The molecule has 0 aromatic rings. The third-order valence-electron chi connectivity index (χ3n) is 2.34. The van der Waals surface area contributed by atoms with Gasteiger partial charge in [-0.3, -0.25) is 0 Å². The monoisotopic (exact) mass is 206 g/mol. The van der Waals surface area contributed by atoms with Gasteiger partial charge in [0.1, 0.15) is 0 Å². The van der Waals surface area contributed by atoms with E-state index >= 15 is 0 Å². The summed E-state index contributed by atoms with van der Waals surface area (Å²) < 4.78 is 28.3. The lowest BCUT2D eigenvalue weighted by atomic mass is 10.2. The Morgan fingerprint density at radius 1 is 1.23 bits per heavy atom. The molecule has 0 bridgehead atoms. The van der Waals surface area contributed by atoms with E-state index in [-0.39, 0.29) is 0 Å². The van der Waals surface area contributed by atoms with Crippen LogP contribution < -0.4 is 0 Å². The van der Waals surface area contributed by atoms with Crippen molar-refractivity contribution in [1.82, 2.24) is 0 Å². The molecule has 78 valence electrons. The molecule has 0 aromatic heterocycles. The summed E-state index contributed by atoms with van der Waals surface area (Å²) in [7, 11) is -3.12. The summed E-state index contributed by atoms with van der Waals surface area (Å²) in [5, 5.41) is 0. The van der Waals surface area contributed by atoms with Gasteiger partial charge in [-0.1, -0.05) is 0 Å². The lowest BCUT2D eigenvalue weighted by molar-refractivity contribution is 0.0648. The molecular formula is C9H18O3S. The second-order valence-electron chi connectivity index (χ2n) is 4.45. The zero-order valence-electron chi connectivity index (χ0n) is 8.54. The molecule has 4 heteroatoms. The van der Waals surface area contributed by atoms with E-state index in [9.17, 15) is 8.42 Å². The molecule has 1 saturated heterocycles. The standard InChI is InChI=1S/C9H18O3S/c1-9(2,3)13(10,11)8-6-4-5-7-12-8/h8H,4-7H2,1-3H3. The van der Waals surface area contributed by atoms with Crippen molar-refractivity contribution in [3.63, 3.8) is 0 Å². The smallest absolute Gasteiger partial charge is 0.181 e. The Bertz CT molecular complexity index is 255. The van der Waals surface area contributed by atoms with Gasteiger partial charge in [0.2, 0.25) is 0 Å². The van der Waals surface area contributed by atoms with Gasteiger partial charge in [0, 0.05) is 6.61 Å². The first-order valence-corrected chi connectivity index (χ1v) is 6.25. The predicted octanol–water partition coefficient (Wildman–Crippen LogP) is 1.73. The quantitative estimate of drug-likeness (QED) is 0.656. The molecule has 0 saturated carbocycles. The Balaban J connectivity index is 2.80. The van der Waals surface area contributed by atoms with Gasteiger partial charge in [0.05, 0.1) is 4.75 Å². The molecule has 0 radical (unpaired) electrons. The first kappa shape index (κ1) is 11.0. The molecule has 1 aliphatic rings. The van der Waals surface area contributed by atoms with Gasteiger partial charge in [-0.15, -0.1) is 0 Å². The molecule has 0 amide bonds. The van der Waals surface area contributed by atoms with Crippen LogP contribution >= 0.6 is 0 Å². The van der Waals surface area contributed by atoms with Gasteiger partial charge in [0.15, 0.2) is 15.3 Å². The van der Waals surface area contributed by atoms with Crippen molar-refractivity contribution in [1.29, 1.82) is 0 Å². The van der Waals surface area contributed by atoms with E-state index < -0.39 is 20.0 Å². The number of hydrogen-bond donors (Lipinski definition) is 0. The third kappa shape index (κ3) is 2.23. The average Bonchev–Trinajstić information content (AvgIpc) is 2.04. The van der Waals surface area contributed by atoms with Crippen LogP contribution in [-0.2, 0) is 14.6 Å². The molecule has 1 atom stereocenters. The summed E-state index contributed by atoms with van der Waals surface area (Å²) in [6.07, 6.45) is 2.59. The van der Waals surface area contributed by atoms with Crippen molar-refractivity contribution in [3.05, 3.63) is 0 Å². The molecule has 1 aliphatic heterocycles. The van der Waals surface area contributed by atoms with Crippen molar-refractivity contribution < 1.29 is 13.2 Å². The minimum Gasteiger partial charge on any atom is -0.362 e. The van der Waals surface area contributed by atoms with E-state index in [2.05, 4.69) is 0 Å². The van der Waals surface area contributed by atoms with Crippen LogP contribution in [0.25, 0.3) is 0 Å². The Hall–Kier alpha value is -0.0900. The van der Waals surface area contributed by atoms with E-state index in [1.165, 1.54) is 0 Å². The lowest BCUT2D eigenvalue weighted by Gasteiger charge is -2.29. The Kier molecular flexibility index (Phi) is 3.02. The molecule has 0 spiro atoms. The lowest BCUT2D eigenvalue weighted by Crippen LogP contribution is -2.40. The van der Waals surface area contributed by atoms with E-state index in [4.69, 9.17) is 4.74 Å². The van der Waals surface area contributed by atoms with Crippen LogP contribution in [0.2, 0.25) is 0 Å². The van der Waals surface area contributed by atoms with Crippen molar-refractivity contribution in [2.75, 3.05) is 6.61 Å². The molecule has 3 nitrogen and oxygen atoms in total. The fourth-order valence-electron chi connectivity index (χ4n) is 1.35. The largest absolute Gasteiger partial charge is 0.362 e. The van der Waals surface area contributed by atoms with E-state index in [0.29, 0.717) is 13.0 Å². The molecule has 0 aromatic carbocycles. The zero-order chi connectivity index (χ0) is 10.1. The summed E-state index contributed by atoms with van der Waals surface area (Å²) in [4.78, 5) is 0. The van der Waals surface area contributed by atoms with Gasteiger partial charge < -0.3 is 4.74 Å². The van der Waals surface area contributed by atoms with Crippen molar-refractivity contribution in [2.24, 2.45) is 0 Å². The van der Waals surface area contributed by atoms with Crippen LogP contribution in [0, 0.1) is 0 Å². The van der Waals surface area contributed by atoms with Crippen LogP contribution in [-0.4, -0.2) is 25.2 Å². The highest BCUT2D eigenvalue weighted by Crippen LogP contribution is 2.27. The molecule has 0 N–H and O–H groups in total. The van der Waals surface area contributed by atoms with Gasteiger partial charge in [-0.25, -0.2) is 8.42 Å². The highest BCUT2D eigenvalue weighted by molar-refractivity contribution is 7.93. The Labute approximate surface area is 80.4 Å². The van der Waals surface area contributed by atoms with E-state index in [0.717, 1.165) is 12.8 Å². The van der Waals surface area contributed by atoms with E-state index in [1.54, 1.807) is 20.8 Å². The van der Waals surface area contributed by atoms with Crippen molar-refractivity contribution in [3.8, 4) is 0 Å². The summed E-state index contributed by atoms with van der Waals surface area (Å²) in [5.41, 5.74) is -0.568. The molecule has 13 heavy (non-hydrogen) atoms. The highest BCUT2D eigenvalue weighted by atomic mass is 32.2. The number of sulfone groups is 1. The number of rotatable bonds is 1. The van der Waals surface area contributed by atoms with E-state index in [1.807, 2.05) is 0 Å². The summed E-state index contributed by atoms with van der Waals surface area (Å²) in [5.74, 6) is 0. The maximum absolute atomic E-state index is 11.9. The average molecular weight is 206 g/mol. The van der Waals surface area contributed by atoms with Crippen LogP contribution in [0.4, 0.5) is 0 Å². The highest BCUT2D eigenvalue weighted by Gasteiger charge is 2.38. The van der Waals surface area contributed by atoms with Crippen molar-refractivity contribution in [2.45, 2.75) is 50.2 Å². The van der Waals surface area contributed by atoms with Gasteiger partial charge in [-0.05, 0) is 40.0 Å². The minimum absolute atomic E-state index is 0.568. The van der Waals surface area contributed by atoms with Gasteiger partial charge in [0.25, 0.3) is 0 Å². The Morgan fingerprint density at radius 2 is 1.85 bits per heavy atom. The third-order valence-corrected chi connectivity index (χ3v) is 5.11. The molecule has 1 fully saturated rings. The summed E-state index contributed by atoms with van der Waals surface area (Å²) >= 11 is 0. The van der Waals surface area contributed by atoms with Crippen LogP contribution in [0.5, 0.6) is 0 Å². The summed E-state index contributed by atoms with van der Waals surface area (Å²) in [6, 6.07) is 0. The predicted molar refractivity (Wildman–Crippen MR) is 52.3 cm³/mol. The fourth-order valence-corrected chi connectivity index (χ4v) is 2.89. The fraction of sp³-hybridized carbons (Fsp3) is 1.00. The minimum atomic E-state index is -3.12. The number of ether oxygens (including phenoxy) is 1. The topological polar surface area (TPSA) is 43.4 Å². The maximum atomic E-state index is 11.9. The van der Waals surface area contributed by atoms with Crippen LogP contribution in [0.3, 0.4) is 0 Å². The van der Waals surface area contributed by atoms with Gasteiger partial charge in [-0.2, -0.15) is 0 Å². The first-order chi connectivity index (χ1) is 5.86. The second kappa shape index (κ2) is 3.58. The molecule has 1 rings (SSSR count). The SMILES string of the molecule is CC(C)(C)S(=O)(=O)C1CCCCO1. The zero-order valence-corrected chi connectivity index (χ0v) is 9.36. The second-order valence-corrected chi connectivity index (χ2v) is 7.29. The maximum Gasteiger partial charge on any atom is 0.181 e. The first-order valence-electron chi connectivity index (χ1n) is 4.71. The summed E-state index contributed by atoms with van der Waals surface area (Å²) in [6.45, 7) is 5.75. The van der Waals surface area contributed by atoms with Crippen LogP contribution in [0.15, 0.2) is 0 Å². The molecule has 1 unspecified atom stereocenters. The molecule has 1 heterocycles. The Morgan fingerprint density at radius 3 is 2.23 bits per heavy atom. The molecule has 0 aliphatic carbocycles. The normalized spacial score (nSPS) is 25.9. The van der Waals surface area contributed by atoms with Crippen molar-refractivity contribution >= 4 is 9.84 Å². The molecular weight excluding hydrogens is 188 g/mol. The van der Waals surface area contributed by atoms with Gasteiger partial charge >= 0.3 is 0 Å². The van der Waals surface area contributed by atoms with Crippen LogP contribution in [0.1, 0.15) is 40.0 Å².